The second-order valence-electron chi connectivity index (χ2n) is 2.75. The van der Waals surface area contributed by atoms with Crippen molar-refractivity contribution in [3.05, 3.63) is 27.2 Å². The smallest absolute Gasteiger partial charge is 0.236 e. The zero-order valence-electron chi connectivity index (χ0n) is 7.79. The van der Waals surface area contributed by atoms with Crippen LogP contribution in [0.15, 0.2) is 21.7 Å². The van der Waals surface area contributed by atoms with Crippen LogP contribution in [-0.2, 0) is 4.79 Å². The molecule has 4 nitrogen and oxygen atoms in total. The first-order valence-electron chi connectivity index (χ1n) is 3.98. The average molecular weight is 292 g/mol. The topological polar surface area (TPSA) is 61.7 Å². The van der Waals surface area contributed by atoms with Gasteiger partial charge in [0.1, 0.15) is 5.75 Å². The Bertz CT molecular complexity index is 421. The number of halogens is 2. The second kappa shape index (κ2) is 5.14. The Kier molecular flexibility index (Phi) is 4.11. The lowest BCUT2D eigenvalue weighted by Crippen LogP contribution is -2.12. The van der Waals surface area contributed by atoms with E-state index in [-0.39, 0.29) is 11.7 Å². The normalized spacial score (nSPS) is 10.6. The zero-order chi connectivity index (χ0) is 11.4. The van der Waals surface area contributed by atoms with Crippen molar-refractivity contribution in [3.8, 4) is 5.75 Å². The van der Waals surface area contributed by atoms with E-state index < -0.39 is 0 Å². The van der Waals surface area contributed by atoms with Crippen LogP contribution in [0.2, 0.25) is 5.02 Å². The number of carbonyl (C=O) groups is 1. The lowest BCUT2D eigenvalue weighted by atomic mass is 10.2. The molecule has 1 rings (SSSR count). The van der Waals surface area contributed by atoms with E-state index in [1.165, 1.54) is 19.2 Å². The van der Waals surface area contributed by atoms with Crippen molar-refractivity contribution < 1.29 is 9.90 Å². The molecule has 0 aromatic heterocycles. The maximum atomic E-state index is 10.5. The second-order valence-corrected chi connectivity index (χ2v) is 4.04. The number of amides is 1. The summed E-state index contributed by atoms with van der Waals surface area (Å²) in [4.78, 5) is 10.5. The number of phenolic OH excluding ortho intramolecular Hbond substituents is 1. The van der Waals surface area contributed by atoms with Gasteiger partial charge in [0.2, 0.25) is 5.91 Å². The number of nitrogens with one attached hydrogen (secondary N) is 1. The Hall–Kier alpha value is -1.07. The molecule has 1 amide bonds. The quantitative estimate of drug-likeness (QED) is 0.648. The van der Waals surface area contributed by atoms with Gasteiger partial charge in [-0.15, -0.1) is 0 Å². The van der Waals surface area contributed by atoms with E-state index in [9.17, 15) is 9.90 Å². The SMILES string of the molecule is CC(=O)N/N=C\c1cc(Cl)cc(Br)c1O. The number of hydrogen-bond acceptors (Lipinski definition) is 3. The predicted octanol–water partition coefficient (Wildman–Crippen LogP) is 2.28. The van der Waals surface area contributed by atoms with Gasteiger partial charge in [0.25, 0.3) is 0 Å². The van der Waals surface area contributed by atoms with Gasteiger partial charge in [-0.05, 0) is 28.1 Å². The van der Waals surface area contributed by atoms with Gasteiger partial charge < -0.3 is 5.11 Å². The number of carbonyl (C=O) groups excluding carboxylic acids is 1. The van der Waals surface area contributed by atoms with Crippen molar-refractivity contribution in [3.63, 3.8) is 0 Å². The van der Waals surface area contributed by atoms with Gasteiger partial charge in [-0.25, -0.2) is 5.43 Å². The highest BCUT2D eigenvalue weighted by molar-refractivity contribution is 9.10. The summed E-state index contributed by atoms with van der Waals surface area (Å²) in [6.45, 7) is 1.34. The number of hydrogen-bond donors (Lipinski definition) is 2. The first kappa shape index (κ1) is 12.0. The van der Waals surface area contributed by atoms with E-state index in [1.807, 2.05) is 0 Å². The molecule has 1 aromatic rings. The van der Waals surface area contributed by atoms with Crippen LogP contribution in [0.5, 0.6) is 5.75 Å². The van der Waals surface area contributed by atoms with Gasteiger partial charge in [-0.3, -0.25) is 4.79 Å². The molecule has 0 spiro atoms. The Morgan fingerprint density at radius 2 is 2.33 bits per heavy atom. The number of hydrazone groups is 1. The standard InChI is InChI=1S/C9H8BrClN2O2/c1-5(14)13-12-4-6-2-7(11)3-8(10)9(6)15/h2-4,15H,1H3,(H,13,14)/b12-4-. The third-order valence-corrected chi connectivity index (χ3v) is 2.31. The van der Waals surface area contributed by atoms with E-state index >= 15 is 0 Å². The van der Waals surface area contributed by atoms with Gasteiger partial charge in [0.05, 0.1) is 10.7 Å². The summed E-state index contributed by atoms with van der Waals surface area (Å²) in [6.07, 6.45) is 1.31. The molecule has 0 heterocycles. The monoisotopic (exact) mass is 290 g/mol. The van der Waals surface area contributed by atoms with Gasteiger partial charge in [-0.2, -0.15) is 5.10 Å². The van der Waals surface area contributed by atoms with Crippen LogP contribution in [0.3, 0.4) is 0 Å². The molecule has 0 aliphatic rings. The van der Waals surface area contributed by atoms with Crippen LogP contribution in [0.4, 0.5) is 0 Å². The van der Waals surface area contributed by atoms with Crippen molar-refractivity contribution in [2.24, 2.45) is 5.10 Å². The fourth-order valence-corrected chi connectivity index (χ4v) is 1.71. The van der Waals surface area contributed by atoms with Gasteiger partial charge in [0, 0.05) is 17.5 Å². The van der Waals surface area contributed by atoms with E-state index in [4.69, 9.17) is 11.6 Å². The number of phenols is 1. The minimum atomic E-state index is -0.285. The highest BCUT2D eigenvalue weighted by Crippen LogP contribution is 2.30. The molecule has 6 heteroatoms. The van der Waals surface area contributed by atoms with Crippen LogP contribution >= 0.6 is 27.5 Å². The maximum Gasteiger partial charge on any atom is 0.236 e. The molecular weight excluding hydrogens is 283 g/mol. The fraction of sp³-hybridized carbons (Fsp3) is 0.111. The summed E-state index contributed by atoms with van der Waals surface area (Å²) in [7, 11) is 0. The molecule has 0 saturated carbocycles. The Balaban J connectivity index is 2.94. The van der Waals surface area contributed by atoms with E-state index in [0.717, 1.165) is 0 Å². The Morgan fingerprint density at radius 1 is 1.67 bits per heavy atom. The van der Waals surface area contributed by atoms with Gasteiger partial charge >= 0.3 is 0 Å². The van der Waals surface area contributed by atoms with Gasteiger partial charge in [-0.1, -0.05) is 11.6 Å². The van der Waals surface area contributed by atoms with Crippen LogP contribution in [0.1, 0.15) is 12.5 Å². The van der Waals surface area contributed by atoms with Crippen molar-refractivity contribution in [1.82, 2.24) is 5.43 Å². The molecule has 0 aliphatic heterocycles. The van der Waals surface area contributed by atoms with Crippen molar-refractivity contribution in [2.75, 3.05) is 0 Å². The summed E-state index contributed by atoms with van der Waals surface area (Å²) in [5, 5.41) is 13.7. The lowest BCUT2D eigenvalue weighted by Gasteiger charge is -2.02. The molecule has 0 unspecified atom stereocenters. The van der Waals surface area contributed by atoms with Crippen molar-refractivity contribution in [2.45, 2.75) is 6.92 Å². The summed E-state index contributed by atoms with van der Waals surface area (Å²) < 4.78 is 0.472. The third kappa shape index (κ3) is 3.53. The van der Waals surface area contributed by atoms with Crippen molar-refractivity contribution in [1.29, 1.82) is 0 Å². The molecule has 0 bridgehead atoms. The summed E-state index contributed by atoms with van der Waals surface area (Å²) in [5.74, 6) is -0.264. The molecule has 1 aromatic carbocycles. The highest BCUT2D eigenvalue weighted by atomic mass is 79.9. The average Bonchev–Trinajstić information content (AvgIpc) is 2.12. The van der Waals surface area contributed by atoms with Crippen molar-refractivity contribution >= 4 is 39.7 Å². The third-order valence-electron chi connectivity index (χ3n) is 1.48. The van der Waals surface area contributed by atoms with E-state index in [0.29, 0.717) is 15.1 Å². The number of benzene rings is 1. The molecule has 0 atom stereocenters. The fourth-order valence-electron chi connectivity index (χ4n) is 0.877. The first-order chi connectivity index (χ1) is 7.00. The Morgan fingerprint density at radius 3 is 2.93 bits per heavy atom. The van der Waals surface area contributed by atoms with E-state index in [2.05, 4.69) is 26.5 Å². The molecule has 2 N–H and O–H groups in total. The molecule has 0 saturated heterocycles. The van der Waals surface area contributed by atoms with Gasteiger partial charge in [0.15, 0.2) is 0 Å². The number of rotatable bonds is 2. The number of aromatic hydroxyl groups is 1. The predicted molar refractivity (Wildman–Crippen MR) is 62.2 cm³/mol. The molecule has 80 valence electrons. The molecule has 0 radical (unpaired) electrons. The summed E-state index contributed by atoms with van der Waals surface area (Å²) >= 11 is 8.91. The van der Waals surface area contributed by atoms with Crippen LogP contribution in [0, 0.1) is 0 Å². The minimum Gasteiger partial charge on any atom is -0.506 e. The summed E-state index contributed by atoms with van der Waals surface area (Å²) in [5.41, 5.74) is 2.64. The minimum absolute atomic E-state index is 0.0218. The zero-order valence-corrected chi connectivity index (χ0v) is 10.1. The highest BCUT2D eigenvalue weighted by Gasteiger charge is 2.05. The maximum absolute atomic E-state index is 10.5. The van der Waals surface area contributed by atoms with Crippen LogP contribution in [-0.4, -0.2) is 17.2 Å². The molecule has 0 fully saturated rings. The molecule has 0 aliphatic carbocycles. The number of nitrogens with zero attached hydrogens (tertiary/aromatic N) is 1. The van der Waals surface area contributed by atoms with E-state index in [1.54, 1.807) is 6.07 Å². The van der Waals surface area contributed by atoms with Crippen LogP contribution in [0.25, 0.3) is 0 Å². The van der Waals surface area contributed by atoms with Crippen LogP contribution < -0.4 is 5.43 Å². The molecular formula is C9H8BrClN2O2. The lowest BCUT2D eigenvalue weighted by molar-refractivity contribution is -0.118. The summed E-state index contributed by atoms with van der Waals surface area (Å²) in [6, 6.07) is 3.10. The Labute approximate surface area is 100 Å². The first-order valence-corrected chi connectivity index (χ1v) is 5.15. The largest absolute Gasteiger partial charge is 0.506 e. The molecule has 15 heavy (non-hydrogen) atoms.